The summed E-state index contributed by atoms with van der Waals surface area (Å²) in [6, 6.07) is 14.9. The van der Waals surface area contributed by atoms with Crippen LogP contribution in [0.1, 0.15) is 24.4 Å². The van der Waals surface area contributed by atoms with E-state index in [4.69, 9.17) is 5.11 Å². The minimum Gasteiger partial charge on any atom is -0.465 e. The topological polar surface area (TPSA) is 108 Å². The van der Waals surface area contributed by atoms with Gasteiger partial charge in [0.25, 0.3) is 5.56 Å². The first-order chi connectivity index (χ1) is 12.0. The molecule has 2 aromatic carbocycles. The molecule has 124 valence electrons. The third-order valence-electron chi connectivity index (χ3n) is 3.79. The van der Waals surface area contributed by atoms with E-state index in [0.717, 1.165) is 0 Å². The van der Waals surface area contributed by atoms with E-state index >= 15 is 0 Å². The van der Waals surface area contributed by atoms with Gasteiger partial charge in [0.2, 0.25) is 0 Å². The molecule has 0 aliphatic carbocycles. The lowest BCUT2D eigenvalue weighted by atomic mass is 10.1. The fourth-order valence-electron chi connectivity index (χ4n) is 2.71. The van der Waals surface area contributed by atoms with Crippen LogP contribution in [0.25, 0.3) is 16.6 Å². The van der Waals surface area contributed by atoms with Gasteiger partial charge in [-0.3, -0.25) is 9.36 Å². The fraction of sp³-hybridized carbons (Fsp3) is 0.111. The van der Waals surface area contributed by atoms with Crippen LogP contribution in [0.2, 0.25) is 0 Å². The predicted molar refractivity (Wildman–Crippen MR) is 91.6 cm³/mol. The number of carbonyl (C=O) groups is 1. The molecular formula is C18H14N4O3. The number of amides is 1. The van der Waals surface area contributed by atoms with Gasteiger partial charge in [-0.25, -0.2) is 9.78 Å². The van der Waals surface area contributed by atoms with Crippen LogP contribution in [-0.2, 0) is 0 Å². The second-order valence-electron chi connectivity index (χ2n) is 5.43. The maximum Gasteiger partial charge on any atom is 0.405 e. The van der Waals surface area contributed by atoms with E-state index in [2.05, 4.69) is 10.3 Å². The highest BCUT2D eigenvalue weighted by molar-refractivity contribution is 5.84. The van der Waals surface area contributed by atoms with E-state index in [0.29, 0.717) is 11.2 Å². The Morgan fingerprint density at radius 3 is 2.60 bits per heavy atom. The maximum absolute atomic E-state index is 13.1. The van der Waals surface area contributed by atoms with Crippen molar-refractivity contribution in [2.24, 2.45) is 0 Å². The van der Waals surface area contributed by atoms with E-state index < -0.39 is 17.7 Å². The Kier molecular flexibility index (Phi) is 4.18. The van der Waals surface area contributed by atoms with Crippen LogP contribution in [0.5, 0.6) is 0 Å². The summed E-state index contributed by atoms with van der Waals surface area (Å²) in [6.07, 6.45) is -1.22. The average molecular weight is 334 g/mol. The fourth-order valence-corrected chi connectivity index (χ4v) is 2.71. The number of aromatic nitrogens is 2. The molecule has 1 amide bonds. The molecule has 0 saturated heterocycles. The summed E-state index contributed by atoms with van der Waals surface area (Å²) in [6.45, 7) is 1.61. The smallest absolute Gasteiger partial charge is 0.405 e. The Hall–Kier alpha value is -3.66. The van der Waals surface area contributed by atoms with Crippen LogP contribution in [-0.4, -0.2) is 20.8 Å². The van der Waals surface area contributed by atoms with Crippen LogP contribution < -0.4 is 10.9 Å². The van der Waals surface area contributed by atoms with Crippen LogP contribution in [0, 0.1) is 11.3 Å². The van der Waals surface area contributed by atoms with Gasteiger partial charge in [-0.15, -0.1) is 0 Å². The molecular weight excluding hydrogens is 320 g/mol. The lowest BCUT2D eigenvalue weighted by Crippen LogP contribution is -2.32. The first-order valence-corrected chi connectivity index (χ1v) is 7.53. The number of para-hydroxylation sites is 1. The summed E-state index contributed by atoms with van der Waals surface area (Å²) in [5, 5.41) is 20.8. The molecule has 0 aliphatic rings. The molecule has 3 rings (SSSR count). The number of benzene rings is 2. The highest BCUT2D eigenvalue weighted by atomic mass is 16.4. The van der Waals surface area contributed by atoms with E-state index in [9.17, 15) is 14.9 Å². The van der Waals surface area contributed by atoms with Crippen molar-refractivity contribution in [3.63, 3.8) is 0 Å². The Morgan fingerprint density at radius 2 is 1.96 bits per heavy atom. The van der Waals surface area contributed by atoms with Crippen molar-refractivity contribution in [1.29, 1.82) is 5.26 Å². The lowest BCUT2D eigenvalue weighted by molar-refractivity contribution is 0.190. The van der Waals surface area contributed by atoms with Gasteiger partial charge in [-0.2, -0.15) is 5.26 Å². The normalized spacial score (nSPS) is 11.7. The number of rotatable bonds is 3. The first-order valence-electron chi connectivity index (χ1n) is 7.53. The first kappa shape index (κ1) is 16.2. The summed E-state index contributed by atoms with van der Waals surface area (Å²) in [7, 11) is 0. The average Bonchev–Trinajstić information content (AvgIpc) is 2.61. The molecule has 1 atom stereocenters. The third-order valence-corrected chi connectivity index (χ3v) is 3.79. The molecule has 3 aromatic rings. The van der Waals surface area contributed by atoms with Crippen molar-refractivity contribution < 1.29 is 9.90 Å². The molecule has 7 heteroatoms. The summed E-state index contributed by atoms with van der Waals surface area (Å²) in [4.78, 5) is 28.6. The number of fused-ring (bicyclic) bond motifs is 1. The number of hydrogen-bond acceptors (Lipinski definition) is 4. The standard InChI is InChI=1S/C18H14N4O3/c1-11(20-18(24)25)16-21-14-9-5-6-12(10-19)15(14)17(23)22(16)13-7-3-2-4-8-13/h2-9,11,20H,1H3,(H,24,25). The number of carboxylic acid groups (broad SMARTS) is 1. The molecule has 2 N–H and O–H groups in total. The maximum atomic E-state index is 13.1. The van der Waals surface area contributed by atoms with Gasteiger partial charge in [0.1, 0.15) is 11.9 Å². The van der Waals surface area contributed by atoms with E-state index in [-0.39, 0.29) is 16.8 Å². The minimum absolute atomic E-state index is 0.208. The van der Waals surface area contributed by atoms with Gasteiger partial charge in [0, 0.05) is 0 Å². The minimum atomic E-state index is -1.22. The van der Waals surface area contributed by atoms with E-state index in [1.807, 2.05) is 12.1 Å². The number of nitrogens with one attached hydrogen (secondary N) is 1. The highest BCUT2D eigenvalue weighted by Crippen LogP contribution is 2.19. The Labute approximate surface area is 142 Å². The number of nitrogens with zero attached hydrogens (tertiary/aromatic N) is 3. The van der Waals surface area contributed by atoms with Crippen molar-refractivity contribution >= 4 is 17.0 Å². The predicted octanol–water partition coefficient (Wildman–Crippen LogP) is 2.59. The van der Waals surface area contributed by atoms with Crippen LogP contribution in [0.4, 0.5) is 4.79 Å². The van der Waals surface area contributed by atoms with Crippen molar-refractivity contribution in [3.8, 4) is 11.8 Å². The molecule has 0 aliphatic heterocycles. The third kappa shape index (κ3) is 2.93. The SMILES string of the molecule is CC(NC(=O)O)c1nc2cccc(C#N)c2c(=O)n1-c1ccccc1. The molecule has 0 spiro atoms. The summed E-state index contributed by atoms with van der Waals surface area (Å²) in [5.74, 6) is 0.251. The van der Waals surface area contributed by atoms with Gasteiger partial charge in [-0.05, 0) is 31.2 Å². The molecule has 1 heterocycles. The summed E-state index contributed by atoms with van der Waals surface area (Å²) < 4.78 is 1.34. The van der Waals surface area contributed by atoms with Crippen LogP contribution in [0.15, 0.2) is 53.3 Å². The second-order valence-corrected chi connectivity index (χ2v) is 5.43. The van der Waals surface area contributed by atoms with Crippen molar-refractivity contribution in [1.82, 2.24) is 14.9 Å². The van der Waals surface area contributed by atoms with Crippen molar-refractivity contribution in [3.05, 3.63) is 70.3 Å². The molecule has 1 aromatic heterocycles. The van der Waals surface area contributed by atoms with E-state index in [1.54, 1.807) is 49.4 Å². The van der Waals surface area contributed by atoms with Gasteiger partial charge in [0.15, 0.2) is 0 Å². The zero-order chi connectivity index (χ0) is 18.0. The Morgan fingerprint density at radius 1 is 1.24 bits per heavy atom. The number of hydrogen-bond donors (Lipinski definition) is 2. The Balaban J connectivity index is 2.40. The molecule has 0 bridgehead atoms. The van der Waals surface area contributed by atoms with Gasteiger partial charge < -0.3 is 10.4 Å². The van der Waals surface area contributed by atoms with Crippen LogP contribution in [0.3, 0.4) is 0 Å². The summed E-state index contributed by atoms with van der Waals surface area (Å²) in [5.41, 5.74) is 0.710. The summed E-state index contributed by atoms with van der Waals surface area (Å²) >= 11 is 0. The van der Waals surface area contributed by atoms with Gasteiger partial charge in [0.05, 0.1) is 28.2 Å². The highest BCUT2D eigenvalue weighted by Gasteiger charge is 2.20. The zero-order valence-electron chi connectivity index (χ0n) is 13.3. The van der Waals surface area contributed by atoms with Gasteiger partial charge in [-0.1, -0.05) is 24.3 Å². The monoisotopic (exact) mass is 334 g/mol. The molecule has 7 nitrogen and oxygen atoms in total. The lowest BCUT2D eigenvalue weighted by Gasteiger charge is -2.18. The van der Waals surface area contributed by atoms with Crippen molar-refractivity contribution in [2.75, 3.05) is 0 Å². The van der Waals surface area contributed by atoms with E-state index in [1.165, 1.54) is 4.57 Å². The largest absolute Gasteiger partial charge is 0.465 e. The van der Waals surface area contributed by atoms with Crippen molar-refractivity contribution in [2.45, 2.75) is 13.0 Å². The quantitative estimate of drug-likeness (QED) is 0.765. The molecule has 0 radical (unpaired) electrons. The second kappa shape index (κ2) is 6.45. The molecule has 1 unspecified atom stereocenters. The van der Waals surface area contributed by atoms with Crippen LogP contribution >= 0.6 is 0 Å². The zero-order valence-corrected chi connectivity index (χ0v) is 13.3. The molecule has 25 heavy (non-hydrogen) atoms. The molecule has 0 fully saturated rings. The number of nitriles is 1. The Bertz CT molecular complexity index is 1050. The van der Waals surface area contributed by atoms with Gasteiger partial charge >= 0.3 is 6.09 Å². The molecule has 0 saturated carbocycles.